The average Bonchev–Trinajstić information content (AvgIpc) is 3.01. The van der Waals surface area contributed by atoms with Crippen molar-refractivity contribution in [1.82, 2.24) is 24.1 Å². The quantitative estimate of drug-likeness (QED) is 0.636. The number of aryl methyl sites for hydroxylation is 1. The molecule has 1 aliphatic carbocycles. The Morgan fingerprint density at radius 1 is 1.23 bits per heavy atom. The Balaban J connectivity index is 1.52. The third kappa shape index (κ3) is 3.37. The number of pyridine rings is 1. The Morgan fingerprint density at radius 3 is 2.68 bits per heavy atom. The highest BCUT2D eigenvalue weighted by Crippen LogP contribution is 2.33. The second-order valence-corrected chi connectivity index (χ2v) is 8.54. The first kappa shape index (κ1) is 20.0. The van der Waals surface area contributed by atoms with Gasteiger partial charge in [0.15, 0.2) is 0 Å². The predicted molar refractivity (Wildman–Crippen MR) is 108 cm³/mol. The van der Waals surface area contributed by atoms with Crippen molar-refractivity contribution in [2.24, 2.45) is 5.92 Å². The zero-order valence-electron chi connectivity index (χ0n) is 17.4. The molecule has 0 amide bonds. The van der Waals surface area contributed by atoms with Crippen molar-refractivity contribution in [2.45, 2.75) is 58.8 Å². The molecule has 2 aliphatic rings. The number of halogens is 3. The van der Waals surface area contributed by atoms with E-state index in [0.29, 0.717) is 48.3 Å². The monoisotopic (exact) mass is 432 g/mol. The SMILES string of the molecule is Cc1c(N2CCc3ncc(C(F)(F)F)cc3C2)nc2nn(CC3CCC3)c(=O)n2c1C. The van der Waals surface area contributed by atoms with Gasteiger partial charge in [-0.1, -0.05) is 6.42 Å². The highest BCUT2D eigenvalue weighted by atomic mass is 19.4. The van der Waals surface area contributed by atoms with Gasteiger partial charge in [-0.15, -0.1) is 5.10 Å². The van der Waals surface area contributed by atoms with Crippen molar-refractivity contribution in [3.05, 3.63) is 50.8 Å². The zero-order chi connectivity index (χ0) is 21.9. The highest BCUT2D eigenvalue weighted by molar-refractivity contribution is 5.55. The largest absolute Gasteiger partial charge is 0.417 e. The first-order valence-corrected chi connectivity index (χ1v) is 10.5. The number of rotatable bonds is 3. The summed E-state index contributed by atoms with van der Waals surface area (Å²) in [7, 11) is 0. The van der Waals surface area contributed by atoms with E-state index in [-0.39, 0.29) is 12.2 Å². The van der Waals surface area contributed by atoms with Crippen LogP contribution in [-0.2, 0) is 25.7 Å². The number of nitrogens with zero attached hydrogens (tertiary/aromatic N) is 6. The second-order valence-electron chi connectivity index (χ2n) is 8.54. The summed E-state index contributed by atoms with van der Waals surface area (Å²) in [4.78, 5) is 23.5. The average molecular weight is 432 g/mol. The van der Waals surface area contributed by atoms with Crippen LogP contribution < -0.4 is 10.6 Å². The van der Waals surface area contributed by atoms with Gasteiger partial charge in [-0.2, -0.15) is 18.2 Å². The summed E-state index contributed by atoms with van der Waals surface area (Å²) in [6.45, 7) is 5.20. The van der Waals surface area contributed by atoms with E-state index in [1.807, 2.05) is 18.7 Å². The van der Waals surface area contributed by atoms with Crippen LogP contribution in [0.5, 0.6) is 0 Å². The van der Waals surface area contributed by atoms with Crippen LogP contribution in [0.1, 0.15) is 47.3 Å². The molecule has 0 aromatic carbocycles. The van der Waals surface area contributed by atoms with Crippen LogP contribution in [0.4, 0.5) is 19.0 Å². The van der Waals surface area contributed by atoms with Crippen molar-refractivity contribution in [3.63, 3.8) is 0 Å². The van der Waals surface area contributed by atoms with E-state index < -0.39 is 11.7 Å². The van der Waals surface area contributed by atoms with Gasteiger partial charge in [0.2, 0.25) is 0 Å². The lowest BCUT2D eigenvalue weighted by molar-refractivity contribution is -0.137. The summed E-state index contributed by atoms with van der Waals surface area (Å²) in [5.41, 5.74) is 1.86. The lowest BCUT2D eigenvalue weighted by Gasteiger charge is -2.31. The Bertz CT molecular complexity index is 1220. The van der Waals surface area contributed by atoms with E-state index in [9.17, 15) is 18.0 Å². The maximum atomic E-state index is 13.1. The Labute approximate surface area is 176 Å². The summed E-state index contributed by atoms with van der Waals surface area (Å²) >= 11 is 0. The Hall–Kier alpha value is -2.91. The van der Waals surface area contributed by atoms with Crippen LogP contribution in [0.3, 0.4) is 0 Å². The van der Waals surface area contributed by atoms with Crippen molar-refractivity contribution in [3.8, 4) is 0 Å². The molecule has 1 saturated carbocycles. The van der Waals surface area contributed by atoms with Crippen LogP contribution in [-0.4, -0.2) is 30.7 Å². The van der Waals surface area contributed by atoms with Gasteiger partial charge in [0, 0.05) is 49.2 Å². The van der Waals surface area contributed by atoms with Crippen molar-refractivity contribution >= 4 is 11.6 Å². The van der Waals surface area contributed by atoms with Gasteiger partial charge in [0.1, 0.15) is 5.82 Å². The molecule has 5 rings (SSSR count). The van der Waals surface area contributed by atoms with Crippen LogP contribution in [0.15, 0.2) is 17.1 Å². The molecule has 1 aliphatic heterocycles. The van der Waals surface area contributed by atoms with Crippen LogP contribution in [0.2, 0.25) is 0 Å². The van der Waals surface area contributed by atoms with Gasteiger partial charge in [-0.25, -0.2) is 13.9 Å². The van der Waals surface area contributed by atoms with Crippen molar-refractivity contribution in [1.29, 1.82) is 0 Å². The van der Waals surface area contributed by atoms with Gasteiger partial charge in [0.05, 0.1) is 5.56 Å². The fourth-order valence-corrected chi connectivity index (χ4v) is 4.38. The molecule has 4 heterocycles. The van der Waals surface area contributed by atoms with Gasteiger partial charge in [-0.3, -0.25) is 4.98 Å². The first-order chi connectivity index (χ1) is 14.7. The molecule has 1 fully saturated rings. The summed E-state index contributed by atoms with van der Waals surface area (Å²) in [6.07, 6.45) is 0.407. The fraction of sp³-hybridized carbons (Fsp3) is 0.524. The normalized spacial score (nSPS) is 17.1. The predicted octanol–water partition coefficient (Wildman–Crippen LogP) is 3.28. The molecule has 0 N–H and O–H groups in total. The molecule has 0 saturated heterocycles. The van der Waals surface area contributed by atoms with Crippen LogP contribution in [0.25, 0.3) is 5.78 Å². The van der Waals surface area contributed by atoms with Crippen molar-refractivity contribution in [2.75, 3.05) is 11.4 Å². The molecule has 0 unspecified atom stereocenters. The third-order valence-electron chi connectivity index (χ3n) is 6.56. The third-order valence-corrected chi connectivity index (χ3v) is 6.56. The molecule has 31 heavy (non-hydrogen) atoms. The first-order valence-electron chi connectivity index (χ1n) is 10.5. The van der Waals surface area contributed by atoms with Crippen LogP contribution in [0, 0.1) is 19.8 Å². The van der Waals surface area contributed by atoms with E-state index >= 15 is 0 Å². The summed E-state index contributed by atoms with van der Waals surface area (Å²) in [5.74, 6) is 1.46. The molecule has 0 radical (unpaired) electrons. The number of fused-ring (bicyclic) bond motifs is 2. The molecule has 164 valence electrons. The van der Waals surface area contributed by atoms with E-state index in [1.54, 1.807) is 0 Å². The highest BCUT2D eigenvalue weighted by Gasteiger charge is 2.33. The summed E-state index contributed by atoms with van der Waals surface area (Å²) in [6, 6.07) is 1.17. The van der Waals surface area contributed by atoms with Gasteiger partial charge in [0.25, 0.3) is 5.78 Å². The lowest BCUT2D eigenvalue weighted by Crippen LogP contribution is -2.33. The van der Waals surface area contributed by atoms with Gasteiger partial charge >= 0.3 is 11.9 Å². The molecule has 0 atom stereocenters. The minimum atomic E-state index is -4.43. The maximum absolute atomic E-state index is 13.1. The molecule has 0 spiro atoms. The Morgan fingerprint density at radius 2 is 2.00 bits per heavy atom. The molecule has 3 aromatic heterocycles. The van der Waals surface area contributed by atoms with E-state index in [2.05, 4.69) is 15.1 Å². The minimum absolute atomic E-state index is 0.190. The Kier molecular flexibility index (Phi) is 4.56. The molecule has 3 aromatic rings. The zero-order valence-corrected chi connectivity index (χ0v) is 17.4. The molecular weight excluding hydrogens is 409 g/mol. The van der Waals surface area contributed by atoms with Gasteiger partial charge in [-0.05, 0) is 44.2 Å². The van der Waals surface area contributed by atoms with Crippen molar-refractivity contribution < 1.29 is 13.2 Å². The lowest BCUT2D eigenvalue weighted by atomic mass is 9.86. The standard InChI is InChI=1S/C21H23F3N6O/c1-12-13(2)30-19(27-29(20(30)31)10-14-4-3-5-14)26-18(12)28-7-6-17-15(11-28)8-16(9-25-17)21(22,23)24/h8-9,14H,3-7,10-11H2,1-2H3. The number of aromatic nitrogens is 5. The molecular formula is C21H23F3N6O. The smallest absolute Gasteiger partial charge is 0.351 e. The van der Waals surface area contributed by atoms with E-state index in [4.69, 9.17) is 0 Å². The van der Waals surface area contributed by atoms with Gasteiger partial charge < -0.3 is 4.90 Å². The molecule has 7 nitrogen and oxygen atoms in total. The fourth-order valence-electron chi connectivity index (χ4n) is 4.38. The minimum Gasteiger partial charge on any atom is -0.351 e. The van der Waals surface area contributed by atoms with E-state index in [1.165, 1.54) is 21.6 Å². The number of alkyl halides is 3. The topological polar surface area (TPSA) is 68.3 Å². The number of anilines is 1. The van der Waals surface area contributed by atoms with E-state index in [0.717, 1.165) is 30.3 Å². The van der Waals surface area contributed by atoms with Crippen LogP contribution >= 0.6 is 0 Å². The number of hydrogen-bond acceptors (Lipinski definition) is 5. The second kappa shape index (κ2) is 7.06. The summed E-state index contributed by atoms with van der Waals surface area (Å²) in [5, 5.41) is 4.45. The molecule has 10 heteroatoms. The molecule has 0 bridgehead atoms. The maximum Gasteiger partial charge on any atom is 0.417 e. The number of hydrogen-bond donors (Lipinski definition) is 0. The summed E-state index contributed by atoms with van der Waals surface area (Å²) < 4.78 is 42.4.